The number of fused-ring (bicyclic) bond motifs is 3. The van der Waals surface area contributed by atoms with Crippen LogP contribution < -0.4 is 0 Å². The number of aromatic nitrogens is 2. The van der Waals surface area contributed by atoms with Gasteiger partial charge in [0.1, 0.15) is 16.8 Å². The summed E-state index contributed by atoms with van der Waals surface area (Å²) in [5.74, 6) is 0. The molecule has 0 bridgehead atoms. The SMILES string of the molecule is CC.Clc1nc(-c2ccccc2)c2oc3ccc(-c4ccccc4)cc3c2n1. The first-order chi connectivity index (χ1) is 13.8. The van der Waals surface area contributed by atoms with Crippen molar-refractivity contribution in [3.05, 3.63) is 84.1 Å². The van der Waals surface area contributed by atoms with Crippen LogP contribution in [0.4, 0.5) is 0 Å². The average Bonchev–Trinajstić information content (AvgIpc) is 3.13. The number of halogens is 1. The zero-order valence-corrected chi connectivity index (χ0v) is 16.4. The van der Waals surface area contributed by atoms with Crippen molar-refractivity contribution >= 4 is 33.7 Å². The first kappa shape index (κ1) is 18.2. The fourth-order valence-corrected chi connectivity index (χ4v) is 3.39. The van der Waals surface area contributed by atoms with Crippen molar-refractivity contribution in [2.45, 2.75) is 13.8 Å². The largest absolute Gasteiger partial charge is 0.452 e. The van der Waals surface area contributed by atoms with Crippen molar-refractivity contribution < 1.29 is 4.42 Å². The van der Waals surface area contributed by atoms with Gasteiger partial charge in [0.2, 0.25) is 5.28 Å². The van der Waals surface area contributed by atoms with Crippen LogP contribution in [-0.4, -0.2) is 9.97 Å². The number of rotatable bonds is 2. The highest BCUT2D eigenvalue weighted by molar-refractivity contribution is 6.29. The van der Waals surface area contributed by atoms with Gasteiger partial charge in [-0.3, -0.25) is 0 Å². The zero-order chi connectivity index (χ0) is 19.5. The van der Waals surface area contributed by atoms with Crippen LogP contribution in [0.15, 0.2) is 83.3 Å². The highest BCUT2D eigenvalue weighted by Crippen LogP contribution is 2.36. The minimum atomic E-state index is 0.212. The highest BCUT2D eigenvalue weighted by Gasteiger charge is 2.17. The maximum absolute atomic E-state index is 6.22. The number of hydrogen-bond acceptors (Lipinski definition) is 3. The molecule has 0 spiro atoms. The number of nitrogens with zero attached hydrogens (tertiary/aromatic N) is 2. The third-order valence-corrected chi connectivity index (χ3v) is 4.61. The molecule has 3 aromatic carbocycles. The summed E-state index contributed by atoms with van der Waals surface area (Å²) in [5, 5.41) is 1.15. The van der Waals surface area contributed by atoms with Crippen LogP contribution in [0.3, 0.4) is 0 Å². The molecule has 0 radical (unpaired) electrons. The smallest absolute Gasteiger partial charge is 0.223 e. The molecule has 0 aliphatic heterocycles. The molecule has 5 aromatic rings. The van der Waals surface area contributed by atoms with E-state index in [1.807, 2.05) is 68.4 Å². The van der Waals surface area contributed by atoms with Crippen molar-refractivity contribution in [2.75, 3.05) is 0 Å². The van der Waals surface area contributed by atoms with Gasteiger partial charge in [-0.15, -0.1) is 0 Å². The Hall–Kier alpha value is -3.17. The molecule has 0 saturated heterocycles. The predicted octanol–water partition coefficient (Wildman–Crippen LogP) is 7.39. The molecule has 28 heavy (non-hydrogen) atoms. The molecule has 0 saturated carbocycles. The fourth-order valence-electron chi connectivity index (χ4n) is 3.22. The lowest BCUT2D eigenvalue weighted by Gasteiger charge is -2.02. The molecule has 0 amide bonds. The van der Waals surface area contributed by atoms with Crippen LogP contribution >= 0.6 is 11.6 Å². The molecular weight excluding hydrogens is 368 g/mol. The van der Waals surface area contributed by atoms with E-state index in [1.54, 1.807) is 0 Å². The van der Waals surface area contributed by atoms with Gasteiger partial charge in [-0.25, -0.2) is 9.97 Å². The second-order valence-electron chi connectivity index (χ2n) is 6.06. The van der Waals surface area contributed by atoms with Crippen LogP contribution in [0.5, 0.6) is 0 Å². The average molecular weight is 387 g/mol. The van der Waals surface area contributed by atoms with Gasteiger partial charge >= 0.3 is 0 Å². The second-order valence-corrected chi connectivity index (χ2v) is 6.40. The van der Waals surface area contributed by atoms with Crippen molar-refractivity contribution in [3.63, 3.8) is 0 Å². The molecular formula is C24H19ClN2O. The van der Waals surface area contributed by atoms with Crippen LogP contribution in [0.1, 0.15) is 13.8 Å². The summed E-state index contributed by atoms with van der Waals surface area (Å²) in [6.07, 6.45) is 0. The van der Waals surface area contributed by atoms with E-state index in [0.29, 0.717) is 11.3 Å². The van der Waals surface area contributed by atoms with E-state index in [2.05, 4.69) is 34.2 Å². The van der Waals surface area contributed by atoms with Crippen LogP contribution in [0.2, 0.25) is 5.28 Å². The quantitative estimate of drug-likeness (QED) is 0.297. The van der Waals surface area contributed by atoms with Crippen LogP contribution in [0.25, 0.3) is 44.5 Å². The van der Waals surface area contributed by atoms with E-state index < -0.39 is 0 Å². The molecule has 0 N–H and O–H groups in total. The van der Waals surface area contributed by atoms with Gasteiger partial charge < -0.3 is 4.42 Å². The maximum atomic E-state index is 6.22. The topological polar surface area (TPSA) is 38.9 Å². The van der Waals surface area contributed by atoms with Crippen molar-refractivity contribution in [2.24, 2.45) is 0 Å². The lowest BCUT2D eigenvalue weighted by molar-refractivity contribution is 0.667. The summed E-state index contributed by atoms with van der Waals surface area (Å²) in [6, 6.07) is 26.2. The fraction of sp³-hybridized carbons (Fsp3) is 0.0833. The minimum Gasteiger partial charge on any atom is -0.452 e. The van der Waals surface area contributed by atoms with Crippen LogP contribution in [0, 0.1) is 0 Å². The Morgan fingerprint density at radius 2 is 1.36 bits per heavy atom. The molecule has 3 nitrogen and oxygen atoms in total. The molecule has 5 rings (SSSR count). The summed E-state index contributed by atoms with van der Waals surface area (Å²) in [7, 11) is 0. The van der Waals surface area contributed by atoms with Gasteiger partial charge in [0.05, 0.1) is 0 Å². The van der Waals surface area contributed by atoms with Gasteiger partial charge in [0.15, 0.2) is 5.58 Å². The molecule has 0 aliphatic rings. The Bertz CT molecular complexity index is 1230. The van der Waals surface area contributed by atoms with Crippen LogP contribution in [-0.2, 0) is 0 Å². The first-order valence-corrected chi connectivity index (χ1v) is 9.68. The summed E-state index contributed by atoms with van der Waals surface area (Å²) >= 11 is 6.22. The van der Waals surface area contributed by atoms with E-state index in [9.17, 15) is 0 Å². The first-order valence-electron chi connectivity index (χ1n) is 9.30. The van der Waals surface area contributed by atoms with Gasteiger partial charge in [0.25, 0.3) is 0 Å². The van der Waals surface area contributed by atoms with Gasteiger partial charge in [0, 0.05) is 10.9 Å². The maximum Gasteiger partial charge on any atom is 0.223 e. The number of benzene rings is 3. The van der Waals surface area contributed by atoms with Gasteiger partial charge in [-0.1, -0.05) is 80.6 Å². The van der Waals surface area contributed by atoms with Crippen molar-refractivity contribution in [3.8, 4) is 22.4 Å². The molecule has 0 aliphatic carbocycles. The van der Waals surface area contributed by atoms with Crippen molar-refractivity contribution in [1.82, 2.24) is 9.97 Å². The summed E-state index contributed by atoms with van der Waals surface area (Å²) < 4.78 is 6.10. The van der Waals surface area contributed by atoms with E-state index >= 15 is 0 Å². The predicted molar refractivity (Wildman–Crippen MR) is 117 cm³/mol. The van der Waals surface area contributed by atoms with E-state index in [1.165, 1.54) is 0 Å². The molecule has 2 aromatic heterocycles. The molecule has 138 valence electrons. The molecule has 2 heterocycles. The Morgan fingerprint density at radius 1 is 0.714 bits per heavy atom. The van der Waals surface area contributed by atoms with E-state index in [0.717, 1.165) is 33.2 Å². The lowest BCUT2D eigenvalue weighted by atomic mass is 10.0. The molecule has 0 fully saturated rings. The third-order valence-electron chi connectivity index (χ3n) is 4.44. The van der Waals surface area contributed by atoms with Crippen molar-refractivity contribution in [1.29, 1.82) is 0 Å². The standard InChI is InChI=1S/C22H13ClN2O.C2H6/c23-22-24-19(15-9-5-2-6-10-15)21-20(25-22)17-13-16(11-12-18(17)26-21)14-7-3-1-4-8-14;1-2/h1-13H;1-2H3. The normalized spacial score (nSPS) is 10.7. The Labute approximate surface area is 168 Å². The molecule has 0 unspecified atom stereocenters. The van der Waals surface area contributed by atoms with E-state index in [4.69, 9.17) is 16.0 Å². The monoisotopic (exact) mass is 386 g/mol. The Kier molecular flexibility index (Phi) is 5.09. The Balaban J connectivity index is 0.000000932. The Morgan fingerprint density at radius 3 is 2.04 bits per heavy atom. The van der Waals surface area contributed by atoms with E-state index in [-0.39, 0.29) is 5.28 Å². The zero-order valence-electron chi connectivity index (χ0n) is 15.7. The highest BCUT2D eigenvalue weighted by atomic mass is 35.5. The second kappa shape index (κ2) is 7.83. The van der Waals surface area contributed by atoms with Gasteiger partial charge in [-0.05, 0) is 34.9 Å². The molecule has 4 heteroatoms. The summed E-state index contributed by atoms with van der Waals surface area (Å²) in [5.41, 5.74) is 6.07. The lowest BCUT2D eigenvalue weighted by Crippen LogP contribution is -1.89. The summed E-state index contributed by atoms with van der Waals surface area (Å²) in [4.78, 5) is 8.85. The minimum absolute atomic E-state index is 0.212. The molecule has 0 atom stereocenters. The van der Waals surface area contributed by atoms with Gasteiger partial charge in [-0.2, -0.15) is 0 Å². The third kappa shape index (κ3) is 3.25. The number of furan rings is 1. The number of hydrogen-bond donors (Lipinski definition) is 0. The summed E-state index contributed by atoms with van der Waals surface area (Å²) in [6.45, 7) is 4.00.